The van der Waals surface area contributed by atoms with Crippen LogP contribution in [0.15, 0.2) is 52.3 Å². The van der Waals surface area contributed by atoms with E-state index in [1.54, 1.807) is 39.8 Å². The Balaban J connectivity index is 2.20. The summed E-state index contributed by atoms with van der Waals surface area (Å²) >= 11 is 6.10. The number of halogens is 1. The van der Waals surface area contributed by atoms with Crippen molar-refractivity contribution in [2.24, 2.45) is 0 Å². The van der Waals surface area contributed by atoms with Gasteiger partial charge in [-0.15, -0.1) is 0 Å². The predicted octanol–water partition coefficient (Wildman–Crippen LogP) is 2.64. The lowest BCUT2D eigenvalue weighted by molar-refractivity contribution is 0.0951. The van der Waals surface area contributed by atoms with Crippen LogP contribution in [0.4, 0.5) is 0 Å². The molecule has 3 N–H and O–H groups in total. The molecule has 0 unspecified atom stereocenters. The molecule has 31 heavy (non-hydrogen) atoms. The first-order valence-corrected chi connectivity index (χ1v) is 12.9. The number of amides is 1. The highest BCUT2D eigenvalue weighted by Crippen LogP contribution is 2.21. The Kier molecular flexibility index (Phi) is 8.23. The number of carbonyl (C=O) groups excluding carboxylic acids is 1. The second-order valence-corrected chi connectivity index (χ2v) is 11.4. The molecule has 2 rings (SSSR count). The quantitative estimate of drug-likeness (QED) is 0.502. The fourth-order valence-electron chi connectivity index (χ4n) is 2.70. The van der Waals surface area contributed by atoms with Crippen molar-refractivity contribution in [2.75, 3.05) is 0 Å². The van der Waals surface area contributed by atoms with Gasteiger partial charge < -0.3 is 5.32 Å². The maximum atomic E-state index is 12.6. The smallest absolute Gasteiger partial charge is 0.253 e. The van der Waals surface area contributed by atoms with Crippen molar-refractivity contribution in [2.45, 2.75) is 56.1 Å². The number of carbonyl (C=O) groups is 1. The Morgan fingerprint density at radius 1 is 0.871 bits per heavy atom. The monoisotopic (exact) mass is 487 g/mol. The third kappa shape index (κ3) is 7.01. The molecule has 8 nitrogen and oxygen atoms in total. The molecule has 0 heterocycles. The van der Waals surface area contributed by atoms with Crippen LogP contribution in [-0.2, 0) is 26.6 Å². The van der Waals surface area contributed by atoms with Crippen LogP contribution in [0, 0.1) is 0 Å². The van der Waals surface area contributed by atoms with Crippen LogP contribution >= 0.6 is 11.6 Å². The van der Waals surface area contributed by atoms with Crippen LogP contribution < -0.4 is 14.8 Å². The van der Waals surface area contributed by atoms with Gasteiger partial charge in [0.2, 0.25) is 20.0 Å². The summed E-state index contributed by atoms with van der Waals surface area (Å²) < 4.78 is 54.3. The molecule has 11 heteroatoms. The minimum absolute atomic E-state index is 0.00134. The lowest BCUT2D eigenvalue weighted by Gasteiger charge is -2.13. The number of rotatable bonds is 9. The number of hydrogen-bond donors (Lipinski definition) is 3. The van der Waals surface area contributed by atoms with Gasteiger partial charge in [-0.2, -0.15) is 0 Å². The van der Waals surface area contributed by atoms with Gasteiger partial charge in [-0.1, -0.05) is 23.7 Å². The maximum Gasteiger partial charge on any atom is 0.253 e. The molecule has 0 fully saturated rings. The highest BCUT2D eigenvalue weighted by molar-refractivity contribution is 7.89. The molecule has 2 aromatic carbocycles. The van der Waals surface area contributed by atoms with E-state index in [2.05, 4.69) is 14.8 Å². The van der Waals surface area contributed by atoms with Crippen molar-refractivity contribution < 1.29 is 21.6 Å². The van der Waals surface area contributed by atoms with E-state index >= 15 is 0 Å². The fraction of sp³-hybridized carbons (Fsp3) is 0.350. The van der Waals surface area contributed by atoms with Gasteiger partial charge in [0.05, 0.1) is 20.4 Å². The second-order valence-electron chi connectivity index (χ2n) is 7.52. The Morgan fingerprint density at radius 2 is 1.42 bits per heavy atom. The zero-order chi connectivity index (χ0) is 23.4. The Labute approximate surface area is 188 Å². The molecule has 0 spiro atoms. The van der Waals surface area contributed by atoms with E-state index < -0.39 is 26.0 Å². The molecule has 0 aliphatic heterocycles. The molecule has 0 aliphatic rings. The van der Waals surface area contributed by atoms with Crippen molar-refractivity contribution in [1.82, 2.24) is 14.8 Å². The molecule has 0 bridgehead atoms. The number of sulfonamides is 2. The molecule has 1 amide bonds. The van der Waals surface area contributed by atoms with Crippen LogP contribution in [0.2, 0.25) is 5.02 Å². The summed E-state index contributed by atoms with van der Waals surface area (Å²) in [5, 5.41) is 2.74. The third-order valence-electron chi connectivity index (χ3n) is 3.94. The van der Waals surface area contributed by atoms with Crippen LogP contribution in [0.3, 0.4) is 0 Å². The van der Waals surface area contributed by atoms with Gasteiger partial charge in [-0.25, -0.2) is 26.3 Å². The van der Waals surface area contributed by atoms with Gasteiger partial charge in [0.25, 0.3) is 5.91 Å². The lowest BCUT2D eigenvalue weighted by atomic mass is 10.2. The summed E-state index contributed by atoms with van der Waals surface area (Å²) in [6.45, 7) is 6.84. The average Bonchev–Trinajstić information content (AvgIpc) is 2.64. The van der Waals surface area contributed by atoms with E-state index in [0.717, 1.165) is 0 Å². The van der Waals surface area contributed by atoms with E-state index in [4.69, 9.17) is 11.6 Å². The molecule has 2 aromatic rings. The standard InChI is InChI=1S/C20H26ClN3O5S2/c1-13(2)23-30(26,27)16-7-5-6-15(10-16)12-22-20(25)18-11-17(8-9-19(18)21)31(28,29)24-14(3)4/h5-11,13-14,23-24H,12H2,1-4H3,(H,22,25). The summed E-state index contributed by atoms with van der Waals surface area (Å²) in [5.74, 6) is -0.583. The van der Waals surface area contributed by atoms with Gasteiger partial charge in [-0.3, -0.25) is 4.79 Å². The molecule has 0 atom stereocenters. The van der Waals surface area contributed by atoms with Gasteiger partial charge in [0, 0.05) is 18.6 Å². The van der Waals surface area contributed by atoms with Crippen LogP contribution in [-0.4, -0.2) is 34.8 Å². The Morgan fingerprint density at radius 3 is 1.97 bits per heavy atom. The van der Waals surface area contributed by atoms with Gasteiger partial charge in [-0.05, 0) is 63.6 Å². The van der Waals surface area contributed by atoms with E-state index in [0.29, 0.717) is 5.56 Å². The molecular weight excluding hydrogens is 462 g/mol. The first kappa shape index (κ1) is 25.3. The number of nitrogens with one attached hydrogen (secondary N) is 3. The van der Waals surface area contributed by atoms with Crippen molar-refractivity contribution in [3.05, 3.63) is 58.6 Å². The predicted molar refractivity (Wildman–Crippen MR) is 120 cm³/mol. The molecule has 0 saturated carbocycles. The van der Waals surface area contributed by atoms with E-state index in [1.807, 2.05) is 0 Å². The summed E-state index contributed by atoms with van der Waals surface area (Å²) in [6, 6.07) is 9.46. The Hall–Kier alpha value is -1.98. The molecule has 170 valence electrons. The minimum atomic E-state index is -3.79. The van der Waals surface area contributed by atoms with Crippen LogP contribution in [0.25, 0.3) is 0 Å². The maximum absolute atomic E-state index is 12.6. The van der Waals surface area contributed by atoms with Gasteiger partial charge in [0.1, 0.15) is 0 Å². The highest BCUT2D eigenvalue weighted by Gasteiger charge is 2.20. The van der Waals surface area contributed by atoms with Crippen LogP contribution in [0.1, 0.15) is 43.6 Å². The Bertz CT molecular complexity index is 1160. The summed E-state index contributed by atoms with van der Waals surface area (Å²) in [7, 11) is -7.46. The molecule has 0 radical (unpaired) electrons. The average molecular weight is 488 g/mol. The van der Waals surface area contributed by atoms with Crippen molar-refractivity contribution in [3.8, 4) is 0 Å². The minimum Gasteiger partial charge on any atom is -0.348 e. The zero-order valence-electron chi connectivity index (χ0n) is 17.6. The SMILES string of the molecule is CC(C)NS(=O)(=O)c1cccc(CNC(=O)c2cc(S(=O)(=O)NC(C)C)ccc2Cl)c1. The van der Waals surface area contributed by atoms with E-state index in [-0.39, 0.29) is 39.0 Å². The summed E-state index contributed by atoms with van der Waals surface area (Å²) in [5.41, 5.74) is 0.555. The summed E-state index contributed by atoms with van der Waals surface area (Å²) in [4.78, 5) is 12.6. The first-order valence-electron chi connectivity index (χ1n) is 9.53. The molecule has 0 aromatic heterocycles. The molecule has 0 saturated heterocycles. The normalized spacial score (nSPS) is 12.4. The third-order valence-corrected chi connectivity index (χ3v) is 7.58. The topological polar surface area (TPSA) is 121 Å². The fourth-order valence-corrected chi connectivity index (χ4v) is 5.50. The molecule has 0 aliphatic carbocycles. The summed E-state index contributed by atoms with van der Waals surface area (Å²) in [6.07, 6.45) is 0. The first-order chi connectivity index (χ1) is 14.3. The van der Waals surface area contributed by atoms with E-state index in [9.17, 15) is 21.6 Å². The number of hydrogen-bond acceptors (Lipinski definition) is 5. The number of benzene rings is 2. The van der Waals surface area contributed by atoms with Gasteiger partial charge >= 0.3 is 0 Å². The van der Waals surface area contributed by atoms with Crippen molar-refractivity contribution >= 4 is 37.6 Å². The van der Waals surface area contributed by atoms with Crippen LogP contribution in [0.5, 0.6) is 0 Å². The molecular formula is C20H26ClN3O5S2. The zero-order valence-corrected chi connectivity index (χ0v) is 20.0. The van der Waals surface area contributed by atoms with Gasteiger partial charge in [0.15, 0.2) is 0 Å². The van der Waals surface area contributed by atoms with Crippen molar-refractivity contribution in [1.29, 1.82) is 0 Å². The van der Waals surface area contributed by atoms with E-state index in [1.165, 1.54) is 30.3 Å². The highest BCUT2D eigenvalue weighted by atomic mass is 35.5. The second kappa shape index (κ2) is 10.1. The largest absolute Gasteiger partial charge is 0.348 e. The van der Waals surface area contributed by atoms with Crippen molar-refractivity contribution in [3.63, 3.8) is 0 Å². The lowest BCUT2D eigenvalue weighted by Crippen LogP contribution is -2.31.